The molecule has 0 aliphatic rings. The van der Waals surface area contributed by atoms with E-state index in [2.05, 4.69) is 36.4 Å². The minimum atomic E-state index is -0.156. The van der Waals surface area contributed by atoms with E-state index in [1.807, 2.05) is 30.3 Å². The Hall–Kier alpha value is -2.85. The van der Waals surface area contributed by atoms with E-state index in [-0.39, 0.29) is 33.3 Å². The second-order valence-electron chi connectivity index (χ2n) is 5.83. The van der Waals surface area contributed by atoms with Gasteiger partial charge >= 0.3 is 17.1 Å². The maximum absolute atomic E-state index is 11.3. The average Bonchev–Trinajstić information content (AvgIpc) is 2.76. The minimum absolute atomic E-state index is 0. The second-order valence-corrected chi connectivity index (χ2v) is 6.61. The molecule has 2 rings (SSSR count). The molecule has 8 nitrogen and oxygen atoms in total. The number of carbonyl (C=O) groups excluding carboxylic acids is 1. The van der Waals surface area contributed by atoms with Gasteiger partial charge in [-0.1, -0.05) is 42.5 Å². The molecule has 11 heteroatoms. The summed E-state index contributed by atoms with van der Waals surface area (Å²) in [6, 6.07) is 16.6. The van der Waals surface area contributed by atoms with E-state index in [0.29, 0.717) is 22.7 Å². The van der Waals surface area contributed by atoms with Gasteiger partial charge in [-0.15, -0.1) is 10.2 Å². The number of hydrogen-bond acceptors (Lipinski definition) is 7. The van der Waals surface area contributed by atoms with Crippen molar-refractivity contribution < 1.29 is 21.9 Å². The monoisotopic (exact) mass is 502 g/mol. The van der Waals surface area contributed by atoms with Crippen LogP contribution in [0.3, 0.4) is 0 Å². The zero-order chi connectivity index (χ0) is 21.9. The van der Waals surface area contributed by atoms with Gasteiger partial charge in [0.1, 0.15) is 11.4 Å². The summed E-state index contributed by atoms with van der Waals surface area (Å²) in [6.07, 6.45) is 0. The number of benzene rings is 2. The summed E-state index contributed by atoms with van der Waals surface area (Å²) >= 11 is 10.2. The van der Waals surface area contributed by atoms with Gasteiger partial charge in [0.05, 0.1) is 0 Å². The van der Waals surface area contributed by atoms with Crippen LogP contribution in [-0.2, 0) is 47.1 Å². The predicted molar refractivity (Wildman–Crippen MR) is 128 cm³/mol. The Morgan fingerprint density at radius 3 is 1.61 bits per heavy atom. The first-order valence-corrected chi connectivity index (χ1v) is 9.71. The van der Waals surface area contributed by atoms with Crippen molar-refractivity contribution in [3.63, 3.8) is 0 Å². The Labute approximate surface area is 203 Å². The van der Waals surface area contributed by atoms with Gasteiger partial charge in [0.2, 0.25) is 5.91 Å². The molecular formula is C20H21CuN7OS2. The first-order chi connectivity index (χ1) is 14.4. The molecule has 0 aromatic heterocycles. The molecule has 0 aliphatic heterocycles. The van der Waals surface area contributed by atoms with E-state index in [9.17, 15) is 4.79 Å². The number of amides is 1. The molecule has 3 N–H and O–H groups in total. The first-order valence-electron chi connectivity index (χ1n) is 8.89. The third-order valence-electron chi connectivity index (χ3n) is 3.66. The third-order valence-corrected chi connectivity index (χ3v) is 4.23. The summed E-state index contributed by atoms with van der Waals surface area (Å²) in [7, 11) is 3.33. The largest absolute Gasteiger partial charge is 2.00 e. The van der Waals surface area contributed by atoms with Crippen molar-refractivity contribution in [1.29, 1.82) is 0 Å². The maximum atomic E-state index is 11.3. The van der Waals surface area contributed by atoms with Crippen LogP contribution in [0.5, 0.6) is 0 Å². The Kier molecular flexibility index (Phi) is 11.4. The molecule has 0 saturated carbocycles. The van der Waals surface area contributed by atoms with Gasteiger partial charge in [-0.2, -0.15) is 10.2 Å². The quantitative estimate of drug-likeness (QED) is 0.184. The fourth-order valence-corrected chi connectivity index (χ4v) is 2.37. The summed E-state index contributed by atoms with van der Waals surface area (Å²) in [5.74, 6) is -0.156. The van der Waals surface area contributed by atoms with Crippen molar-refractivity contribution in [2.45, 2.75) is 6.92 Å². The summed E-state index contributed by atoms with van der Waals surface area (Å²) in [5, 5.41) is 25.5. The molecular weight excluding hydrogens is 482 g/mol. The van der Waals surface area contributed by atoms with Crippen molar-refractivity contribution in [3.05, 3.63) is 65.7 Å². The Balaban J connectivity index is 0.00000480. The van der Waals surface area contributed by atoms with Crippen LogP contribution < -0.4 is 16.0 Å². The molecule has 1 radical (unpaired) electrons. The van der Waals surface area contributed by atoms with Gasteiger partial charge in [0.25, 0.3) is 0 Å². The Bertz CT molecular complexity index is 990. The van der Waals surface area contributed by atoms with Gasteiger partial charge in [-0.3, -0.25) is 4.79 Å². The Morgan fingerprint density at radius 1 is 0.742 bits per heavy atom. The van der Waals surface area contributed by atoms with Crippen LogP contribution in [0, 0.1) is 0 Å². The van der Waals surface area contributed by atoms with Crippen LogP contribution in [0.15, 0.2) is 75.0 Å². The van der Waals surface area contributed by atoms with Crippen LogP contribution in [0.4, 0.5) is 5.69 Å². The first kappa shape index (κ1) is 26.2. The van der Waals surface area contributed by atoms with Crippen molar-refractivity contribution in [2.24, 2.45) is 20.4 Å². The fraction of sp³-hybridized carbons (Fsp3) is 0.150. The average molecular weight is 503 g/mol. The number of amidine groups is 2. The topological polar surface area (TPSA) is 103 Å². The molecule has 165 valence electrons. The van der Waals surface area contributed by atoms with Crippen molar-refractivity contribution in [3.8, 4) is 0 Å². The minimum Gasteiger partial charge on any atom is -0.741 e. The fourth-order valence-electron chi connectivity index (χ4n) is 2.29. The number of carbonyl (C=O) groups is 1. The van der Waals surface area contributed by atoms with Gasteiger partial charge in [-0.25, -0.2) is 0 Å². The SMILES string of the molecule is CNC([S-])=NN=C(C(=NN=C([S-])NC)c1ccc(NC(C)=O)cc1)c1ccccc1.[Cu+2]. The van der Waals surface area contributed by atoms with Gasteiger partial charge in [-0.05, 0) is 22.5 Å². The molecule has 0 saturated heterocycles. The summed E-state index contributed by atoms with van der Waals surface area (Å²) in [6.45, 7) is 1.45. The predicted octanol–water partition coefficient (Wildman–Crippen LogP) is 2.00. The zero-order valence-corrected chi connectivity index (χ0v) is 19.6. The third kappa shape index (κ3) is 8.42. The van der Waals surface area contributed by atoms with Crippen molar-refractivity contribution in [1.82, 2.24) is 10.6 Å². The smallest absolute Gasteiger partial charge is 0.741 e. The zero-order valence-electron chi connectivity index (χ0n) is 17.0. The van der Waals surface area contributed by atoms with E-state index < -0.39 is 0 Å². The van der Waals surface area contributed by atoms with E-state index >= 15 is 0 Å². The molecule has 0 heterocycles. The standard InChI is InChI=1S/C20H23N7OS2.Cu/c1-13(28)23-16-11-9-15(10-12-16)18(25-27-20(30)22-3)17(24-26-19(29)21-2)14-7-5-4-6-8-14;/h4-12H,1-3H3,(H,23,28)(H2,21,26,29)(H2,22,27,30);/q;+2/p-2. The van der Waals surface area contributed by atoms with E-state index in [1.54, 1.807) is 38.4 Å². The number of nitrogens with one attached hydrogen (secondary N) is 3. The number of nitrogens with zero attached hydrogens (tertiary/aromatic N) is 4. The molecule has 0 atom stereocenters. The number of rotatable bonds is 6. The van der Waals surface area contributed by atoms with Gasteiger partial charge in [0.15, 0.2) is 0 Å². The molecule has 1 amide bonds. The normalized spacial score (nSPS) is 12.6. The summed E-state index contributed by atoms with van der Waals surface area (Å²) in [4.78, 5) is 11.3. The molecule has 0 spiro atoms. The van der Waals surface area contributed by atoms with Crippen LogP contribution in [0.1, 0.15) is 18.1 Å². The van der Waals surface area contributed by atoms with Gasteiger partial charge in [0, 0.05) is 37.8 Å². The molecule has 31 heavy (non-hydrogen) atoms. The summed E-state index contributed by atoms with van der Waals surface area (Å²) < 4.78 is 0. The van der Waals surface area contributed by atoms with E-state index in [1.165, 1.54) is 6.92 Å². The van der Waals surface area contributed by atoms with E-state index in [4.69, 9.17) is 25.3 Å². The maximum Gasteiger partial charge on any atom is 2.00 e. The van der Waals surface area contributed by atoms with Gasteiger partial charge < -0.3 is 41.2 Å². The van der Waals surface area contributed by atoms with E-state index in [0.717, 1.165) is 5.56 Å². The van der Waals surface area contributed by atoms with Crippen molar-refractivity contribution >= 4 is 58.6 Å². The number of hydrogen-bond donors (Lipinski definition) is 3. The molecule has 2 aromatic carbocycles. The van der Waals surface area contributed by atoms with Crippen LogP contribution in [-0.4, -0.2) is 41.8 Å². The molecule has 0 aliphatic carbocycles. The molecule has 2 aromatic rings. The number of anilines is 1. The summed E-state index contributed by atoms with van der Waals surface area (Å²) in [5.41, 5.74) is 3.04. The molecule has 0 bridgehead atoms. The second kappa shape index (κ2) is 13.5. The molecule has 0 unspecified atom stereocenters. The Morgan fingerprint density at radius 2 is 1.19 bits per heavy atom. The van der Waals surface area contributed by atoms with Crippen molar-refractivity contribution in [2.75, 3.05) is 19.4 Å². The van der Waals surface area contributed by atoms with Crippen LogP contribution >= 0.6 is 0 Å². The molecule has 0 fully saturated rings. The van der Waals surface area contributed by atoms with Crippen LogP contribution in [0.2, 0.25) is 0 Å². The van der Waals surface area contributed by atoms with Crippen LogP contribution in [0.25, 0.3) is 0 Å².